The predicted molar refractivity (Wildman–Crippen MR) is 79.5 cm³/mol. The first-order chi connectivity index (χ1) is 9.61. The number of hydrogen-bond acceptors (Lipinski definition) is 6. The van der Waals surface area contributed by atoms with Crippen LogP contribution in [0.2, 0.25) is 0 Å². The maximum Gasteiger partial charge on any atom is 0.255 e. The van der Waals surface area contributed by atoms with E-state index in [4.69, 9.17) is 16.2 Å². The number of benzene rings is 1. The second-order valence-corrected chi connectivity index (χ2v) is 5.02. The van der Waals surface area contributed by atoms with E-state index in [0.29, 0.717) is 18.2 Å². The van der Waals surface area contributed by atoms with Crippen LogP contribution < -0.4 is 16.8 Å². The third-order valence-corrected chi connectivity index (χ3v) is 3.54. The summed E-state index contributed by atoms with van der Waals surface area (Å²) in [5.74, 6) is -0.412. The number of anilines is 2. The van der Waals surface area contributed by atoms with Crippen LogP contribution in [0.15, 0.2) is 24.3 Å². The predicted octanol–water partition coefficient (Wildman–Crippen LogP) is 1.58. The Bertz CT molecular complexity index is 612. The molecule has 7 heteroatoms. The van der Waals surface area contributed by atoms with E-state index in [1.54, 1.807) is 7.11 Å². The molecule has 6 nitrogen and oxygen atoms in total. The lowest BCUT2D eigenvalue weighted by molar-refractivity contribution is 0.100. The molecule has 0 radical (unpaired) electrons. The van der Waals surface area contributed by atoms with Crippen LogP contribution in [-0.4, -0.2) is 17.4 Å². The van der Waals surface area contributed by atoms with Gasteiger partial charge in [0, 0.05) is 13.7 Å². The second kappa shape index (κ2) is 6.36. The van der Waals surface area contributed by atoms with E-state index in [9.17, 15) is 4.79 Å². The molecule has 0 aliphatic carbocycles. The van der Waals surface area contributed by atoms with Gasteiger partial charge in [0.05, 0.1) is 6.61 Å². The number of nitrogen functional groups attached to an aromatic ring is 1. The van der Waals surface area contributed by atoms with E-state index in [0.717, 1.165) is 22.7 Å². The van der Waals surface area contributed by atoms with Crippen molar-refractivity contribution in [3.8, 4) is 0 Å². The number of nitrogens with zero attached hydrogens (tertiary/aromatic N) is 1. The van der Waals surface area contributed by atoms with Crippen molar-refractivity contribution in [3.05, 3.63) is 41.0 Å². The fraction of sp³-hybridized carbons (Fsp3) is 0.231. The SMILES string of the molecule is COCc1cccc(CNc2snc(N)c2C(N)=O)c1. The zero-order valence-corrected chi connectivity index (χ0v) is 11.9. The van der Waals surface area contributed by atoms with Crippen molar-refractivity contribution < 1.29 is 9.53 Å². The number of ether oxygens (including phenoxy) is 1. The van der Waals surface area contributed by atoms with Crippen LogP contribution in [0.4, 0.5) is 10.8 Å². The highest BCUT2D eigenvalue weighted by Gasteiger charge is 2.16. The van der Waals surface area contributed by atoms with E-state index >= 15 is 0 Å². The Balaban J connectivity index is 2.09. The maximum absolute atomic E-state index is 11.3. The van der Waals surface area contributed by atoms with Crippen molar-refractivity contribution in [1.29, 1.82) is 0 Å². The van der Waals surface area contributed by atoms with Gasteiger partial charge < -0.3 is 21.5 Å². The molecule has 0 aliphatic heterocycles. The number of primary amides is 1. The van der Waals surface area contributed by atoms with Crippen LogP contribution in [0.5, 0.6) is 0 Å². The molecule has 0 bridgehead atoms. The third-order valence-electron chi connectivity index (χ3n) is 2.72. The summed E-state index contributed by atoms with van der Waals surface area (Å²) < 4.78 is 9.03. The van der Waals surface area contributed by atoms with Crippen molar-refractivity contribution >= 4 is 28.3 Å². The summed E-state index contributed by atoms with van der Waals surface area (Å²) in [5.41, 5.74) is 13.3. The number of carbonyl (C=O) groups is 1. The van der Waals surface area contributed by atoms with Gasteiger partial charge in [-0.15, -0.1) is 0 Å². The van der Waals surface area contributed by atoms with Crippen LogP contribution in [-0.2, 0) is 17.9 Å². The molecule has 1 heterocycles. The van der Waals surface area contributed by atoms with Crippen molar-refractivity contribution in [2.45, 2.75) is 13.2 Å². The Morgan fingerprint density at radius 2 is 2.20 bits per heavy atom. The molecule has 0 fully saturated rings. The zero-order chi connectivity index (χ0) is 14.5. The summed E-state index contributed by atoms with van der Waals surface area (Å²) >= 11 is 1.13. The molecule has 1 amide bonds. The Morgan fingerprint density at radius 3 is 2.90 bits per heavy atom. The van der Waals surface area contributed by atoms with E-state index in [-0.39, 0.29) is 11.4 Å². The van der Waals surface area contributed by atoms with Crippen molar-refractivity contribution in [3.63, 3.8) is 0 Å². The molecule has 1 aromatic heterocycles. The molecule has 2 rings (SSSR count). The summed E-state index contributed by atoms with van der Waals surface area (Å²) in [6.07, 6.45) is 0. The van der Waals surface area contributed by atoms with Gasteiger partial charge in [-0.2, -0.15) is 4.37 Å². The van der Waals surface area contributed by atoms with Gasteiger partial charge in [0.25, 0.3) is 5.91 Å². The standard InChI is InChI=1S/C13H16N4O2S/c1-19-7-9-4-2-3-8(5-9)6-16-13-10(12(15)18)11(14)17-20-13/h2-5,16H,6-7H2,1H3,(H2,14,17)(H2,15,18). The van der Waals surface area contributed by atoms with Gasteiger partial charge in [-0.1, -0.05) is 24.3 Å². The van der Waals surface area contributed by atoms with E-state index in [2.05, 4.69) is 9.69 Å². The normalized spacial score (nSPS) is 10.4. The fourth-order valence-corrected chi connectivity index (χ4v) is 2.55. The highest BCUT2D eigenvalue weighted by Crippen LogP contribution is 2.26. The number of aromatic nitrogens is 1. The minimum absolute atomic E-state index is 0.165. The molecular weight excluding hydrogens is 276 g/mol. The number of amides is 1. The fourth-order valence-electron chi connectivity index (χ4n) is 1.84. The molecule has 106 valence electrons. The molecule has 1 aromatic carbocycles. The molecule has 0 atom stereocenters. The lowest BCUT2D eigenvalue weighted by atomic mass is 10.1. The smallest absolute Gasteiger partial charge is 0.255 e. The lowest BCUT2D eigenvalue weighted by Crippen LogP contribution is -2.14. The maximum atomic E-state index is 11.3. The zero-order valence-electron chi connectivity index (χ0n) is 11.1. The van der Waals surface area contributed by atoms with Gasteiger partial charge in [-0.05, 0) is 22.7 Å². The van der Waals surface area contributed by atoms with E-state index < -0.39 is 5.91 Å². The summed E-state index contributed by atoms with van der Waals surface area (Å²) in [6, 6.07) is 7.97. The number of nitrogens with two attached hydrogens (primary N) is 2. The highest BCUT2D eigenvalue weighted by atomic mass is 32.1. The molecule has 2 aromatic rings. The molecule has 0 saturated heterocycles. The van der Waals surface area contributed by atoms with Crippen molar-refractivity contribution in [2.24, 2.45) is 5.73 Å². The number of rotatable bonds is 6. The largest absolute Gasteiger partial charge is 0.382 e. The van der Waals surface area contributed by atoms with E-state index in [1.165, 1.54) is 0 Å². The second-order valence-electron chi connectivity index (χ2n) is 4.24. The van der Waals surface area contributed by atoms with Gasteiger partial charge in [0.1, 0.15) is 10.6 Å². The first-order valence-corrected chi connectivity index (χ1v) is 6.74. The Labute approximate surface area is 120 Å². The Morgan fingerprint density at radius 1 is 1.45 bits per heavy atom. The third kappa shape index (κ3) is 3.25. The first-order valence-electron chi connectivity index (χ1n) is 5.97. The first kappa shape index (κ1) is 14.3. The number of carbonyl (C=O) groups excluding carboxylic acids is 1. The van der Waals surface area contributed by atoms with E-state index in [1.807, 2.05) is 24.3 Å². The van der Waals surface area contributed by atoms with Crippen LogP contribution in [0.3, 0.4) is 0 Å². The minimum Gasteiger partial charge on any atom is -0.382 e. The Kier molecular flexibility index (Phi) is 4.54. The number of hydrogen-bond donors (Lipinski definition) is 3. The average Bonchev–Trinajstić information content (AvgIpc) is 2.78. The van der Waals surface area contributed by atoms with Gasteiger partial charge in [0.2, 0.25) is 0 Å². The molecule has 0 saturated carbocycles. The Hall–Kier alpha value is -2.12. The molecule has 5 N–H and O–H groups in total. The van der Waals surface area contributed by atoms with Crippen LogP contribution in [0.25, 0.3) is 0 Å². The van der Waals surface area contributed by atoms with Gasteiger partial charge in [0.15, 0.2) is 5.82 Å². The average molecular weight is 292 g/mol. The van der Waals surface area contributed by atoms with Crippen molar-refractivity contribution in [1.82, 2.24) is 4.37 Å². The number of nitrogens with one attached hydrogen (secondary N) is 1. The van der Waals surface area contributed by atoms with Crippen molar-refractivity contribution in [2.75, 3.05) is 18.2 Å². The molecule has 20 heavy (non-hydrogen) atoms. The minimum atomic E-state index is -0.577. The summed E-state index contributed by atoms with van der Waals surface area (Å²) in [6.45, 7) is 1.12. The number of methoxy groups -OCH3 is 1. The molecule has 0 spiro atoms. The summed E-state index contributed by atoms with van der Waals surface area (Å²) in [7, 11) is 1.66. The van der Waals surface area contributed by atoms with Gasteiger partial charge in [-0.3, -0.25) is 4.79 Å². The molecular formula is C13H16N4O2S. The molecule has 0 unspecified atom stereocenters. The lowest BCUT2D eigenvalue weighted by Gasteiger charge is -2.07. The highest BCUT2D eigenvalue weighted by molar-refractivity contribution is 7.11. The topological polar surface area (TPSA) is 103 Å². The molecule has 0 aliphatic rings. The van der Waals surface area contributed by atoms with Crippen LogP contribution in [0.1, 0.15) is 21.5 Å². The van der Waals surface area contributed by atoms with Crippen LogP contribution in [0, 0.1) is 0 Å². The van der Waals surface area contributed by atoms with Crippen LogP contribution >= 0.6 is 11.5 Å². The summed E-state index contributed by atoms with van der Waals surface area (Å²) in [5, 5.41) is 3.73. The van der Waals surface area contributed by atoms with Gasteiger partial charge in [-0.25, -0.2) is 0 Å². The summed E-state index contributed by atoms with van der Waals surface area (Å²) in [4.78, 5) is 11.3. The van der Waals surface area contributed by atoms with Gasteiger partial charge >= 0.3 is 0 Å². The monoisotopic (exact) mass is 292 g/mol. The quantitative estimate of drug-likeness (QED) is 0.750.